The van der Waals surface area contributed by atoms with E-state index >= 15 is 0 Å². The van der Waals surface area contributed by atoms with Crippen LogP contribution in [-0.2, 0) is 19.7 Å². The molecule has 0 saturated carbocycles. The molecule has 2 bridgehead atoms. The van der Waals surface area contributed by atoms with Crippen LogP contribution in [-0.4, -0.2) is 24.7 Å². The molecule has 0 fully saturated rings. The number of ether oxygens (including phenoxy) is 1. The highest BCUT2D eigenvalue weighted by Crippen LogP contribution is 2.58. The number of carbonyl (C=O) groups is 2. The molecule has 0 aliphatic heterocycles. The number of rotatable bonds is 4. The number of halogens is 4. The maximum absolute atomic E-state index is 14.6. The lowest BCUT2D eigenvalue weighted by molar-refractivity contribution is -0.146. The van der Waals surface area contributed by atoms with Crippen molar-refractivity contribution in [2.24, 2.45) is 11.8 Å². The summed E-state index contributed by atoms with van der Waals surface area (Å²) in [6.45, 7) is 1.26. The number of ketones is 1. The second kappa shape index (κ2) is 8.24. The second-order valence-electron chi connectivity index (χ2n) is 8.69. The van der Waals surface area contributed by atoms with Crippen LogP contribution in [0.2, 0.25) is 0 Å². The van der Waals surface area contributed by atoms with E-state index in [2.05, 4.69) is 0 Å². The van der Waals surface area contributed by atoms with Gasteiger partial charge in [-0.25, -0.2) is 8.78 Å². The fraction of sp³-hybridized carbons (Fsp3) is 0.200. The molecule has 3 aromatic rings. The molecular formula is C25H16F4O6S. The predicted molar refractivity (Wildman–Crippen MR) is 116 cm³/mol. The van der Waals surface area contributed by atoms with Gasteiger partial charge in [0.2, 0.25) is 17.4 Å². The maximum atomic E-state index is 14.6. The van der Waals surface area contributed by atoms with Crippen molar-refractivity contribution in [2.75, 3.05) is 0 Å². The summed E-state index contributed by atoms with van der Waals surface area (Å²) >= 11 is 0. The molecule has 3 aliphatic carbocycles. The van der Waals surface area contributed by atoms with Crippen molar-refractivity contribution in [3.63, 3.8) is 0 Å². The van der Waals surface area contributed by atoms with Crippen LogP contribution in [0.1, 0.15) is 41.0 Å². The Hall–Kier alpha value is -3.57. The Kier molecular flexibility index (Phi) is 5.53. The lowest BCUT2D eigenvalue weighted by Gasteiger charge is -2.48. The first-order valence-electron chi connectivity index (χ1n) is 10.7. The van der Waals surface area contributed by atoms with E-state index in [1.807, 2.05) is 12.1 Å². The van der Waals surface area contributed by atoms with Crippen molar-refractivity contribution in [3.05, 3.63) is 94.1 Å². The van der Waals surface area contributed by atoms with Crippen molar-refractivity contribution in [1.82, 2.24) is 0 Å². The highest BCUT2D eigenvalue weighted by molar-refractivity contribution is 7.85. The number of fused-ring (bicyclic) bond motifs is 1. The molecule has 2 unspecified atom stereocenters. The molecule has 11 heteroatoms. The average Bonchev–Trinajstić information content (AvgIpc) is 2.84. The van der Waals surface area contributed by atoms with E-state index in [0.29, 0.717) is 11.1 Å². The molecule has 0 aromatic heterocycles. The molecule has 0 radical (unpaired) electrons. The van der Waals surface area contributed by atoms with E-state index in [1.54, 1.807) is 36.4 Å². The fourth-order valence-electron chi connectivity index (χ4n) is 5.52. The summed E-state index contributed by atoms with van der Waals surface area (Å²) in [6, 6.07) is 14.1. The van der Waals surface area contributed by atoms with E-state index < -0.39 is 79.5 Å². The molecule has 3 aliphatic rings. The Morgan fingerprint density at radius 3 is 1.50 bits per heavy atom. The molecule has 2 atom stereocenters. The summed E-state index contributed by atoms with van der Waals surface area (Å²) in [6.07, 6.45) is 0. The first-order valence-corrected chi connectivity index (χ1v) is 12.1. The summed E-state index contributed by atoms with van der Waals surface area (Å²) in [4.78, 5) is 23.9. The van der Waals surface area contributed by atoms with E-state index in [0.717, 1.165) is 11.1 Å². The van der Waals surface area contributed by atoms with Crippen LogP contribution in [0, 0.1) is 35.1 Å². The van der Waals surface area contributed by atoms with Gasteiger partial charge in [0.1, 0.15) is 5.78 Å². The van der Waals surface area contributed by atoms with Crippen LogP contribution in [0.25, 0.3) is 0 Å². The number of hydrogen-bond donors (Lipinski definition) is 1. The molecule has 186 valence electrons. The third-order valence-corrected chi connectivity index (χ3v) is 7.70. The van der Waals surface area contributed by atoms with Gasteiger partial charge in [-0.1, -0.05) is 48.5 Å². The smallest absolute Gasteiger partial charge is 0.316 e. The van der Waals surface area contributed by atoms with Gasteiger partial charge in [-0.15, -0.1) is 0 Å². The fourth-order valence-corrected chi connectivity index (χ4v) is 6.16. The lowest BCUT2D eigenvalue weighted by atomic mass is 9.53. The van der Waals surface area contributed by atoms with Crippen molar-refractivity contribution in [3.8, 4) is 5.75 Å². The summed E-state index contributed by atoms with van der Waals surface area (Å²) in [5.74, 6) is -16.8. The largest absolute Gasteiger partial charge is 0.420 e. The predicted octanol–water partition coefficient (Wildman–Crippen LogP) is 4.51. The van der Waals surface area contributed by atoms with Gasteiger partial charge in [0.15, 0.2) is 16.5 Å². The topological polar surface area (TPSA) is 97.7 Å². The van der Waals surface area contributed by atoms with Crippen LogP contribution in [0.15, 0.2) is 53.4 Å². The molecule has 6 rings (SSSR count). The monoisotopic (exact) mass is 520 g/mol. The van der Waals surface area contributed by atoms with Gasteiger partial charge >= 0.3 is 16.1 Å². The number of hydrogen-bond acceptors (Lipinski definition) is 5. The molecular weight excluding hydrogens is 504 g/mol. The summed E-state index contributed by atoms with van der Waals surface area (Å²) in [7, 11) is -5.68. The Bertz CT molecular complexity index is 1490. The van der Waals surface area contributed by atoms with Crippen LogP contribution < -0.4 is 4.74 Å². The van der Waals surface area contributed by atoms with Crippen molar-refractivity contribution in [1.29, 1.82) is 0 Å². The third-order valence-electron chi connectivity index (χ3n) is 6.82. The van der Waals surface area contributed by atoms with Gasteiger partial charge in [0, 0.05) is 17.8 Å². The Morgan fingerprint density at radius 2 is 1.14 bits per heavy atom. The third kappa shape index (κ3) is 3.37. The van der Waals surface area contributed by atoms with E-state index in [9.17, 15) is 35.6 Å². The zero-order valence-electron chi connectivity index (χ0n) is 18.3. The highest BCUT2D eigenvalue weighted by atomic mass is 32.2. The number of esters is 1. The van der Waals surface area contributed by atoms with Crippen LogP contribution >= 0.6 is 0 Å². The number of carbonyl (C=O) groups excluding carboxylic acids is 2. The molecule has 0 heterocycles. The van der Waals surface area contributed by atoms with Gasteiger partial charge in [0.05, 0.1) is 5.92 Å². The van der Waals surface area contributed by atoms with Crippen molar-refractivity contribution < 1.29 is 44.9 Å². The van der Waals surface area contributed by atoms with Gasteiger partial charge in [-0.2, -0.15) is 17.2 Å². The number of Topliss-reactive ketones (excluding diaryl/α,β-unsaturated/α-hetero) is 1. The Morgan fingerprint density at radius 1 is 0.750 bits per heavy atom. The Labute approximate surface area is 202 Å². The first-order chi connectivity index (χ1) is 16.9. The molecule has 3 aromatic carbocycles. The minimum absolute atomic E-state index is 0.406. The Balaban J connectivity index is 1.66. The molecule has 0 saturated heterocycles. The normalized spacial score (nSPS) is 22.1. The van der Waals surface area contributed by atoms with Gasteiger partial charge in [0.25, 0.3) is 0 Å². The SMILES string of the molecule is CC(=O)C1C2c3ccccc3C(c3ccccc32)C1C(=O)Oc1c(F)c(F)c(S(=O)(=O)O)c(F)c1F. The van der Waals surface area contributed by atoms with E-state index in [-0.39, 0.29) is 0 Å². The molecule has 6 nitrogen and oxygen atoms in total. The van der Waals surface area contributed by atoms with Crippen molar-refractivity contribution in [2.45, 2.75) is 23.7 Å². The van der Waals surface area contributed by atoms with Crippen LogP contribution in [0.3, 0.4) is 0 Å². The quantitative estimate of drug-likeness (QED) is 0.179. The number of benzene rings is 3. The maximum Gasteiger partial charge on any atom is 0.316 e. The zero-order chi connectivity index (χ0) is 26.1. The van der Waals surface area contributed by atoms with E-state index in [1.165, 1.54) is 6.92 Å². The van der Waals surface area contributed by atoms with Gasteiger partial charge in [-0.3, -0.25) is 14.1 Å². The summed E-state index contributed by atoms with van der Waals surface area (Å²) in [5.41, 5.74) is 3.00. The highest BCUT2D eigenvalue weighted by Gasteiger charge is 2.55. The molecule has 0 amide bonds. The summed E-state index contributed by atoms with van der Waals surface area (Å²) in [5, 5.41) is 0. The zero-order valence-corrected chi connectivity index (χ0v) is 19.2. The minimum atomic E-state index is -5.68. The lowest BCUT2D eigenvalue weighted by Crippen LogP contribution is -2.47. The molecule has 36 heavy (non-hydrogen) atoms. The van der Waals surface area contributed by atoms with Gasteiger partial charge < -0.3 is 4.74 Å². The second-order valence-corrected chi connectivity index (χ2v) is 10.0. The molecule has 1 N–H and O–H groups in total. The first kappa shape index (κ1) is 24.1. The van der Waals surface area contributed by atoms with Crippen LogP contribution in [0.4, 0.5) is 17.6 Å². The minimum Gasteiger partial charge on any atom is -0.420 e. The average molecular weight is 520 g/mol. The van der Waals surface area contributed by atoms with Gasteiger partial charge in [-0.05, 0) is 29.2 Å². The van der Waals surface area contributed by atoms with E-state index in [4.69, 9.17) is 9.29 Å². The summed E-state index contributed by atoms with van der Waals surface area (Å²) < 4.78 is 93.9. The van der Waals surface area contributed by atoms with Crippen LogP contribution in [0.5, 0.6) is 5.75 Å². The van der Waals surface area contributed by atoms with Crippen molar-refractivity contribution >= 4 is 21.9 Å². The standard InChI is InChI=1S/C25H16F4O6S/c1-10(30)15-16-11-6-2-4-8-13(11)17(14-9-5-3-7-12(14)16)18(15)25(31)35-23-19(26)21(28)24(36(32,33)34)22(29)20(23)27/h2-9,15-18H,1H3,(H,32,33,34). The molecule has 0 spiro atoms.